The summed E-state index contributed by atoms with van der Waals surface area (Å²) in [6.07, 6.45) is 3.03. The molecule has 1 aliphatic heterocycles. The predicted molar refractivity (Wildman–Crippen MR) is 146 cm³/mol. The summed E-state index contributed by atoms with van der Waals surface area (Å²) in [5, 5.41) is 0.997. The number of fused-ring (bicyclic) bond motifs is 1. The number of piperidine rings is 1. The lowest BCUT2D eigenvalue weighted by molar-refractivity contribution is -0.159. The first-order valence-corrected chi connectivity index (χ1v) is 13.8. The summed E-state index contributed by atoms with van der Waals surface area (Å²) in [5.41, 5.74) is 0.342. The van der Waals surface area contributed by atoms with Crippen LogP contribution in [0.2, 0.25) is 0 Å². The second-order valence-electron chi connectivity index (χ2n) is 9.36. The Hall–Kier alpha value is -2.77. The molecule has 0 amide bonds. The zero-order valence-electron chi connectivity index (χ0n) is 21.3. The molecule has 4 rings (SSSR count). The Kier molecular flexibility index (Phi) is 9.10. The molecule has 0 spiro atoms. The minimum Gasteiger partial charge on any atom is -0.497 e. The number of pyridine rings is 1. The number of rotatable bonds is 11. The number of aryl methyl sites for hydroxylation is 1. The topological polar surface area (TPSA) is 60.8 Å². The van der Waals surface area contributed by atoms with Crippen molar-refractivity contribution in [1.82, 2.24) is 9.47 Å². The van der Waals surface area contributed by atoms with Gasteiger partial charge in [0.15, 0.2) is 0 Å². The molecule has 0 saturated carbocycles. The van der Waals surface area contributed by atoms with E-state index in [2.05, 4.69) is 29.2 Å². The normalized spacial score (nSPS) is 15.6. The minimum atomic E-state index is -0.481. The van der Waals surface area contributed by atoms with E-state index in [0.29, 0.717) is 19.6 Å². The van der Waals surface area contributed by atoms with Crippen LogP contribution >= 0.6 is 11.8 Å². The van der Waals surface area contributed by atoms with Crippen LogP contribution in [0.3, 0.4) is 0 Å². The Labute approximate surface area is 217 Å². The van der Waals surface area contributed by atoms with E-state index in [0.717, 1.165) is 61.3 Å². The largest absolute Gasteiger partial charge is 0.497 e. The van der Waals surface area contributed by atoms with E-state index < -0.39 is 5.41 Å². The van der Waals surface area contributed by atoms with Crippen LogP contribution in [0.1, 0.15) is 32.6 Å². The molecular weight excluding hydrogens is 472 g/mol. The summed E-state index contributed by atoms with van der Waals surface area (Å²) in [4.78, 5) is 29.5. The van der Waals surface area contributed by atoms with E-state index in [4.69, 9.17) is 9.47 Å². The molecule has 0 aliphatic carbocycles. The summed E-state index contributed by atoms with van der Waals surface area (Å²) in [7, 11) is 1.63. The number of benzene rings is 2. The summed E-state index contributed by atoms with van der Waals surface area (Å²) >= 11 is 1.87. The van der Waals surface area contributed by atoms with E-state index in [1.165, 1.54) is 4.90 Å². The van der Waals surface area contributed by atoms with Crippen molar-refractivity contribution in [3.63, 3.8) is 0 Å². The zero-order chi connectivity index (χ0) is 25.4. The Balaban J connectivity index is 1.38. The number of nitrogens with zero attached hydrogens (tertiary/aromatic N) is 2. The Morgan fingerprint density at radius 3 is 2.50 bits per heavy atom. The lowest BCUT2D eigenvalue weighted by Gasteiger charge is -2.40. The van der Waals surface area contributed by atoms with Gasteiger partial charge in [-0.2, -0.15) is 0 Å². The second kappa shape index (κ2) is 12.5. The molecule has 6 nitrogen and oxygen atoms in total. The van der Waals surface area contributed by atoms with Crippen LogP contribution in [-0.2, 0) is 16.1 Å². The number of likely N-dealkylation sites (tertiary alicyclic amines) is 1. The molecule has 0 bridgehead atoms. The SMILES string of the molecule is CCOC(=O)C1(CCCn2c(=O)ccc3ccc(OC)cc32)CCN(CCSc2ccccc2)CC1. The van der Waals surface area contributed by atoms with Gasteiger partial charge in [-0.15, -0.1) is 11.8 Å². The first-order valence-electron chi connectivity index (χ1n) is 12.8. The standard InChI is InChI=1S/C29H36N2O4S/c1-3-35-28(33)29(15-18-30(19-16-29)20-21-36-25-8-5-4-6-9-25)14-7-17-31-26-22-24(34-2)12-10-23(26)11-13-27(31)32/h4-6,8-13,22H,3,7,14-21H2,1-2H3. The molecule has 1 saturated heterocycles. The van der Waals surface area contributed by atoms with E-state index in [-0.39, 0.29) is 11.5 Å². The van der Waals surface area contributed by atoms with Gasteiger partial charge in [0.05, 0.1) is 24.6 Å². The van der Waals surface area contributed by atoms with Gasteiger partial charge in [-0.1, -0.05) is 18.2 Å². The van der Waals surface area contributed by atoms with Gasteiger partial charge in [0.2, 0.25) is 0 Å². The maximum Gasteiger partial charge on any atom is 0.312 e. The monoisotopic (exact) mass is 508 g/mol. The predicted octanol–water partition coefficient (Wildman–Crippen LogP) is 5.23. The highest BCUT2D eigenvalue weighted by Gasteiger charge is 2.42. The third-order valence-electron chi connectivity index (χ3n) is 7.18. The lowest BCUT2D eigenvalue weighted by Crippen LogP contribution is -2.46. The second-order valence-corrected chi connectivity index (χ2v) is 10.5. The smallest absolute Gasteiger partial charge is 0.312 e. The molecule has 0 atom stereocenters. The first kappa shape index (κ1) is 26.3. The molecule has 0 N–H and O–H groups in total. The fourth-order valence-corrected chi connectivity index (χ4v) is 5.99. The maximum absolute atomic E-state index is 13.1. The molecule has 1 fully saturated rings. The Morgan fingerprint density at radius 2 is 1.78 bits per heavy atom. The number of aromatic nitrogens is 1. The van der Waals surface area contributed by atoms with Gasteiger partial charge in [-0.25, -0.2) is 0 Å². The summed E-state index contributed by atoms with van der Waals surface area (Å²) in [6, 6.07) is 19.7. The highest BCUT2D eigenvalue weighted by Crippen LogP contribution is 2.38. The van der Waals surface area contributed by atoms with Crippen LogP contribution in [0.25, 0.3) is 10.9 Å². The number of hydrogen-bond acceptors (Lipinski definition) is 6. The van der Waals surface area contributed by atoms with E-state index in [1.807, 2.05) is 49.0 Å². The minimum absolute atomic E-state index is 0.0355. The Morgan fingerprint density at radius 1 is 1.03 bits per heavy atom. The first-order chi connectivity index (χ1) is 17.5. The van der Waals surface area contributed by atoms with Gasteiger partial charge in [0.1, 0.15) is 5.75 Å². The van der Waals surface area contributed by atoms with Crippen LogP contribution < -0.4 is 10.3 Å². The highest BCUT2D eigenvalue weighted by atomic mass is 32.2. The van der Waals surface area contributed by atoms with Crippen molar-refractivity contribution in [1.29, 1.82) is 0 Å². The van der Waals surface area contributed by atoms with E-state index >= 15 is 0 Å². The van der Waals surface area contributed by atoms with Crippen LogP contribution in [0.5, 0.6) is 5.75 Å². The number of thioether (sulfide) groups is 1. The number of carbonyl (C=O) groups excluding carboxylic acids is 1. The van der Waals surface area contributed by atoms with E-state index in [9.17, 15) is 9.59 Å². The molecule has 1 aliphatic rings. The average Bonchev–Trinajstić information content (AvgIpc) is 2.91. The number of hydrogen-bond donors (Lipinski definition) is 0. The lowest BCUT2D eigenvalue weighted by atomic mass is 9.74. The van der Waals surface area contributed by atoms with Gasteiger partial charge in [0.25, 0.3) is 5.56 Å². The molecule has 192 valence electrons. The number of methoxy groups -OCH3 is 1. The van der Waals surface area contributed by atoms with Gasteiger partial charge < -0.3 is 18.9 Å². The third kappa shape index (κ3) is 6.31. The maximum atomic E-state index is 13.1. The molecule has 2 heterocycles. The van der Waals surface area contributed by atoms with Crippen LogP contribution in [0.4, 0.5) is 0 Å². The summed E-state index contributed by atoms with van der Waals surface area (Å²) in [6.45, 7) is 5.60. The molecule has 0 radical (unpaired) electrons. The fraction of sp³-hybridized carbons (Fsp3) is 0.448. The molecule has 2 aromatic carbocycles. The fourth-order valence-electron chi connectivity index (χ4n) is 5.06. The third-order valence-corrected chi connectivity index (χ3v) is 8.17. The molecule has 7 heteroatoms. The van der Waals surface area contributed by atoms with Crippen LogP contribution in [0, 0.1) is 5.41 Å². The number of esters is 1. The highest BCUT2D eigenvalue weighted by molar-refractivity contribution is 7.99. The zero-order valence-corrected chi connectivity index (χ0v) is 22.1. The van der Waals surface area contributed by atoms with Crippen molar-refractivity contribution in [3.8, 4) is 5.75 Å². The van der Waals surface area contributed by atoms with Crippen molar-refractivity contribution in [2.45, 2.75) is 44.0 Å². The summed E-state index contributed by atoms with van der Waals surface area (Å²) < 4.78 is 12.7. The molecule has 36 heavy (non-hydrogen) atoms. The quantitative estimate of drug-likeness (QED) is 0.261. The van der Waals surface area contributed by atoms with Crippen molar-refractivity contribution < 1.29 is 14.3 Å². The number of carbonyl (C=O) groups is 1. The van der Waals surface area contributed by atoms with Crippen LogP contribution in [0.15, 0.2) is 70.4 Å². The van der Waals surface area contributed by atoms with Crippen molar-refractivity contribution in [2.24, 2.45) is 5.41 Å². The van der Waals surface area contributed by atoms with Gasteiger partial charge in [0, 0.05) is 35.9 Å². The van der Waals surface area contributed by atoms with E-state index in [1.54, 1.807) is 17.7 Å². The average molecular weight is 509 g/mol. The molecule has 0 unspecified atom stereocenters. The number of ether oxygens (including phenoxy) is 2. The van der Waals surface area contributed by atoms with Crippen molar-refractivity contribution in [2.75, 3.05) is 39.1 Å². The van der Waals surface area contributed by atoms with Gasteiger partial charge >= 0.3 is 5.97 Å². The van der Waals surface area contributed by atoms with Gasteiger partial charge in [-0.3, -0.25) is 9.59 Å². The molecule has 1 aromatic heterocycles. The van der Waals surface area contributed by atoms with Crippen molar-refractivity contribution >= 4 is 28.6 Å². The van der Waals surface area contributed by atoms with Crippen LogP contribution in [-0.4, -0.2) is 54.5 Å². The summed E-state index contributed by atoms with van der Waals surface area (Å²) in [5.74, 6) is 1.67. The Bertz CT molecular complexity index is 1200. The molecular formula is C29H36N2O4S. The van der Waals surface area contributed by atoms with Crippen molar-refractivity contribution in [3.05, 3.63) is 71.0 Å². The van der Waals surface area contributed by atoms with Gasteiger partial charge in [-0.05, 0) is 81.4 Å². The molecule has 3 aromatic rings.